The molecule has 26 heavy (non-hydrogen) atoms. The fourth-order valence-electron chi connectivity index (χ4n) is 2.41. The van der Waals surface area contributed by atoms with Gasteiger partial charge in [0.1, 0.15) is 5.69 Å². The predicted molar refractivity (Wildman–Crippen MR) is 104 cm³/mol. The first-order valence-corrected chi connectivity index (χ1v) is 9.48. The largest absolute Gasteiger partial charge is 0.374 e. The quantitative estimate of drug-likeness (QED) is 0.646. The molecule has 3 rings (SSSR count). The Kier molecular flexibility index (Phi) is 5.14. The maximum atomic E-state index is 12.8. The van der Waals surface area contributed by atoms with E-state index < -0.39 is 5.25 Å². The lowest BCUT2D eigenvalue weighted by atomic mass is 10.3. The standard InChI is InChI=1S/C16H18N6O2S2/c1-9-12(14(24)22(21(9)3)11-7-5-4-6-8-11)18-13(23)10(2)25-16-20-19-15(17)26-16/h4-8,10H,1-3H3,(H2,17,19)(H,18,23)/t10-/m1/s1. The molecule has 136 valence electrons. The molecule has 2 aromatic heterocycles. The molecule has 0 saturated heterocycles. The molecule has 8 nitrogen and oxygen atoms in total. The van der Waals surface area contributed by atoms with Gasteiger partial charge >= 0.3 is 0 Å². The Morgan fingerprint density at radius 2 is 2.00 bits per heavy atom. The van der Waals surface area contributed by atoms with Gasteiger partial charge in [-0.3, -0.25) is 14.3 Å². The van der Waals surface area contributed by atoms with Gasteiger partial charge < -0.3 is 11.1 Å². The van der Waals surface area contributed by atoms with Crippen molar-refractivity contribution in [3.05, 3.63) is 46.4 Å². The van der Waals surface area contributed by atoms with E-state index in [-0.39, 0.29) is 17.2 Å². The number of amides is 1. The summed E-state index contributed by atoms with van der Waals surface area (Å²) in [5.41, 5.74) is 6.95. The van der Waals surface area contributed by atoms with Crippen molar-refractivity contribution < 1.29 is 4.79 Å². The number of nitrogen functional groups attached to an aromatic ring is 1. The molecule has 1 aromatic carbocycles. The smallest absolute Gasteiger partial charge is 0.295 e. The van der Waals surface area contributed by atoms with Crippen molar-refractivity contribution in [2.45, 2.75) is 23.4 Å². The van der Waals surface area contributed by atoms with E-state index in [9.17, 15) is 9.59 Å². The van der Waals surface area contributed by atoms with Crippen molar-refractivity contribution in [3.63, 3.8) is 0 Å². The number of carbonyl (C=O) groups is 1. The Morgan fingerprint density at radius 3 is 2.62 bits per heavy atom. The molecule has 2 heterocycles. The first kappa shape index (κ1) is 18.2. The molecular formula is C16H18N6O2S2. The molecule has 0 radical (unpaired) electrons. The number of anilines is 2. The van der Waals surface area contributed by atoms with Gasteiger partial charge in [-0.1, -0.05) is 41.3 Å². The SMILES string of the molecule is Cc1c(NC(=O)[C@@H](C)Sc2nnc(N)s2)c(=O)n(-c2ccccc2)n1C. The summed E-state index contributed by atoms with van der Waals surface area (Å²) in [6.07, 6.45) is 0. The number of hydrogen-bond donors (Lipinski definition) is 2. The van der Waals surface area contributed by atoms with Gasteiger partial charge in [-0.2, -0.15) is 0 Å². The van der Waals surface area contributed by atoms with Gasteiger partial charge in [-0.15, -0.1) is 10.2 Å². The van der Waals surface area contributed by atoms with E-state index in [1.807, 2.05) is 30.3 Å². The summed E-state index contributed by atoms with van der Waals surface area (Å²) in [5.74, 6) is -0.283. The fourth-order valence-corrected chi connectivity index (χ4v) is 4.19. The first-order valence-electron chi connectivity index (χ1n) is 7.79. The second kappa shape index (κ2) is 7.34. The zero-order valence-electron chi connectivity index (χ0n) is 14.5. The molecule has 0 saturated carbocycles. The number of para-hydroxylation sites is 1. The zero-order chi connectivity index (χ0) is 18.8. The van der Waals surface area contributed by atoms with E-state index in [2.05, 4.69) is 15.5 Å². The lowest BCUT2D eigenvalue weighted by Gasteiger charge is -2.09. The minimum Gasteiger partial charge on any atom is -0.374 e. The number of aromatic nitrogens is 4. The molecule has 0 fully saturated rings. The highest BCUT2D eigenvalue weighted by Gasteiger charge is 2.22. The summed E-state index contributed by atoms with van der Waals surface area (Å²) >= 11 is 2.47. The average molecular weight is 390 g/mol. The highest BCUT2D eigenvalue weighted by molar-refractivity contribution is 8.02. The number of benzene rings is 1. The number of nitrogens with two attached hydrogens (primary N) is 1. The van der Waals surface area contributed by atoms with E-state index in [0.29, 0.717) is 15.2 Å². The molecule has 1 atom stereocenters. The monoisotopic (exact) mass is 390 g/mol. The molecule has 0 aliphatic rings. The molecule has 3 aromatic rings. The van der Waals surface area contributed by atoms with Crippen molar-refractivity contribution >= 4 is 39.8 Å². The van der Waals surface area contributed by atoms with Gasteiger partial charge in [0, 0.05) is 7.05 Å². The van der Waals surface area contributed by atoms with Crippen LogP contribution in [0.1, 0.15) is 12.6 Å². The second-order valence-electron chi connectivity index (χ2n) is 5.59. The molecule has 0 bridgehead atoms. The van der Waals surface area contributed by atoms with Crippen molar-refractivity contribution in [1.82, 2.24) is 19.6 Å². The summed E-state index contributed by atoms with van der Waals surface area (Å²) in [4.78, 5) is 25.3. The van der Waals surface area contributed by atoms with Crippen molar-refractivity contribution in [3.8, 4) is 5.69 Å². The van der Waals surface area contributed by atoms with E-state index in [0.717, 1.165) is 5.69 Å². The average Bonchev–Trinajstić information content (AvgIpc) is 3.12. The Bertz CT molecular complexity index is 992. The van der Waals surface area contributed by atoms with Crippen molar-refractivity contribution in [2.75, 3.05) is 11.1 Å². The van der Waals surface area contributed by atoms with Gasteiger partial charge in [0.05, 0.1) is 16.6 Å². The second-order valence-corrected chi connectivity index (χ2v) is 8.19. The molecular weight excluding hydrogens is 372 g/mol. The molecule has 10 heteroatoms. The normalized spacial score (nSPS) is 12.1. The Morgan fingerprint density at radius 1 is 1.31 bits per heavy atom. The summed E-state index contributed by atoms with van der Waals surface area (Å²) in [5, 5.41) is 10.3. The minimum atomic E-state index is -0.452. The lowest BCUT2D eigenvalue weighted by molar-refractivity contribution is -0.115. The number of rotatable bonds is 5. The van der Waals surface area contributed by atoms with Gasteiger partial charge in [-0.25, -0.2) is 4.68 Å². The van der Waals surface area contributed by atoms with Crippen LogP contribution >= 0.6 is 23.1 Å². The van der Waals surface area contributed by atoms with E-state index in [4.69, 9.17) is 5.73 Å². The Hall–Kier alpha value is -2.59. The third-order valence-electron chi connectivity index (χ3n) is 3.87. The van der Waals surface area contributed by atoms with E-state index >= 15 is 0 Å². The van der Waals surface area contributed by atoms with Crippen LogP contribution in [0.4, 0.5) is 10.8 Å². The Balaban J connectivity index is 1.84. The van der Waals surface area contributed by atoms with Crippen LogP contribution in [0.2, 0.25) is 0 Å². The lowest BCUT2D eigenvalue weighted by Crippen LogP contribution is -2.27. The van der Waals surface area contributed by atoms with Crippen LogP contribution in [0.3, 0.4) is 0 Å². The van der Waals surface area contributed by atoms with Crippen LogP contribution in [0.15, 0.2) is 39.5 Å². The van der Waals surface area contributed by atoms with Crippen LogP contribution in [0.25, 0.3) is 5.69 Å². The number of nitrogens with zero attached hydrogens (tertiary/aromatic N) is 4. The summed E-state index contributed by atoms with van der Waals surface area (Å²) in [6, 6.07) is 9.27. The van der Waals surface area contributed by atoms with Crippen LogP contribution in [0.5, 0.6) is 0 Å². The van der Waals surface area contributed by atoms with Crippen LogP contribution in [-0.2, 0) is 11.8 Å². The summed E-state index contributed by atoms with van der Waals surface area (Å²) in [7, 11) is 1.78. The molecule has 1 amide bonds. The third-order valence-corrected chi connectivity index (χ3v) is 5.81. The molecule has 0 spiro atoms. The highest BCUT2D eigenvalue weighted by atomic mass is 32.2. The molecule has 0 aliphatic heterocycles. The predicted octanol–water partition coefficient (Wildman–Crippen LogP) is 2.04. The van der Waals surface area contributed by atoms with Gasteiger partial charge in [0.2, 0.25) is 11.0 Å². The van der Waals surface area contributed by atoms with Crippen molar-refractivity contribution in [1.29, 1.82) is 0 Å². The number of carbonyl (C=O) groups excluding carboxylic acids is 1. The highest BCUT2D eigenvalue weighted by Crippen LogP contribution is 2.28. The maximum Gasteiger partial charge on any atom is 0.295 e. The van der Waals surface area contributed by atoms with Gasteiger partial charge in [-0.05, 0) is 26.0 Å². The van der Waals surface area contributed by atoms with Crippen LogP contribution < -0.4 is 16.6 Å². The van der Waals surface area contributed by atoms with Crippen molar-refractivity contribution in [2.24, 2.45) is 7.05 Å². The summed E-state index contributed by atoms with van der Waals surface area (Å²) < 4.78 is 3.85. The summed E-state index contributed by atoms with van der Waals surface area (Å²) in [6.45, 7) is 3.53. The minimum absolute atomic E-state index is 0.269. The number of hydrogen-bond acceptors (Lipinski definition) is 7. The van der Waals surface area contributed by atoms with E-state index in [1.165, 1.54) is 27.8 Å². The molecule has 0 aliphatic carbocycles. The van der Waals surface area contributed by atoms with Gasteiger partial charge in [0.15, 0.2) is 4.34 Å². The fraction of sp³-hybridized carbons (Fsp3) is 0.250. The molecule has 3 N–H and O–H groups in total. The topological polar surface area (TPSA) is 108 Å². The first-order chi connectivity index (χ1) is 12.4. The number of nitrogens with one attached hydrogen (secondary N) is 1. The van der Waals surface area contributed by atoms with E-state index in [1.54, 1.807) is 25.6 Å². The van der Waals surface area contributed by atoms with Crippen LogP contribution in [-0.4, -0.2) is 30.7 Å². The van der Waals surface area contributed by atoms with Gasteiger partial charge in [0.25, 0.3) is 5.56 Å². The molecule has 0 unspecified atom stereocenters. The third kappa shape index (κ3) is 3.51. The zero-order valence-corrected chi connectivity index (χ0v) is 16.1. The number of thioether (sulfide) groups is 1. The van der Waals surface area contributed by atoms with Crippen LogP contribution in [0, 0.1) is 6.92 Å². The Labute approximate surface area is 158 Å². The maximum absolute atomic E-state index is 12.8.